The van der Waals surface area contributed by atoms with E-state index in [2.05, 4.69) is 22.9 Å². The van der Waals surface area contributed by atoms with Crippen LogP contribution in [-0.2, 0) is 0 Å². The largest absolute Gasteiger partial charge is 2.00 e. The molecule has 0 aromatic carbocycles. The first-order chi connectivity index (χ1) is 2.91. The molecule has 0 rings (SSSR count). The van der Waals surface area contributed by atoms with Gasteiger partial charge in [0.25, 0.3) is 0 Å². The molecule has 0 spiro atoms. The average Bonchev–Trinajstić information content (AvgIpc) is 1.61. The Hall–Kier alpha value is 1.25. The molecule has 7 heavy (non-hydrogen) atoms. The smallest absolute Gasteiger partial charge is 1.00 e. The molecule has 0 saturated heterocycles. The molecule has 0 bridgehead atoms. The average molecular weight is 177 g/mol. The van der Waals surface area contributed by atoms with Gasteiger partial charge in [-0.3, -0.25) is 0 Å². The first-order valence-corrected chi connectivity index (χ1v) is 3.60. The molecule has 0 amide bonds. The second-order valence-electron chi connectivity index (χ2n) is 1.40. The SMILES string of the molecule is CCCCCBr.[H-].[H-].[Mg+2]. The predicted octanol–water partition coefficient (Wildman–Crippen LogP) is 2.42. The van der Waals surface area contributed by atoms with E-state index in [1.54, 1.807) is 0 Å². The maximum atomic E-state index is 3.35. The number of alkyl halides is 1. The van der Waals surface area contributed by atoms with E-state index in [4.69, 9.17) is 0 Å². The summed E-state index contributed by atoms with van der Waals surface area (Å²) >= 11 is 3.35. The van der Waals surface area contributed by atoms with Crippen LogP contribution in [0.15, 0.2) is 0 Å². The third kappa shape index (κ3) is 11.1. The van der Waals surface area contributed by atoms with E-state index in [1.165, 1.54) is 24.6 Å². The van der Waals surface area contributed by atoms with Gasteiger partial charge in [0.1, 0.15) is 0 Å². The van der Waals surface area contributed by atoms with E-state index in [0.29, 0.717) is 0 Å². The van der Waals surface area contributed by atoms with Crippen molar-refractivity contribution in [2.24, 2.45) is 0 Å². The van der Waals surface area contributed by atoms with Crippen LogP contribution < -0.4 is 0 Å². The summed E-state index contributed by atoms with van der Waals surface area (Å²) in [5, 5.41) is 1.17. The van der Waals surface area contributed by atoms with Crippen molar-refractivity contribution in [3.05, 3.63) is 0 Å². The van der Waals surface area contributed by atoms with E-state index in [9.17, 15) is 0 Å². The van der Waals surface area contributed by atoms with E-state index < -0.39 is 0 Å². The predicted molar refractivity (Wildman–Crippen MR) is 41.3 cm³/mol. The van der Waals surface area contributed by atoms with Crippen molar-refractivity contribution in [1.29, 1.82) is 0 Å². The Balaban J connectivity index is -0.0000000417. The minimum Gasteiger partial charge on any atom is -1.00 e. The molecule has 0 saturated carbocycles. The van der Waals surface area contributed by atoms with Gasteiger partial charge in [0, 0.05) is 5.33 Å². The van der Waals surface area contributed by atoms with Crippen molar-refractivity contribution in [3.8, 4) is 0 Å². The molecule has 0 fully saturated rings. The Morgan fingerprint density at radius 1 is 1.43 bits per heavy atom. The molecule has 0 aromatic rings. The van der Waals surface area contributed by atoms with Crippen LogP contribution >= 0.6 is 15.9 Å². The molecule has 0 N–H and O–H groups in total. The fourth-order valence-corrected chi connectivity index (χ4v) is 0.741. The van der Waals surface area contributed by atoms with Crippen LogP contribution in [-0.4, -0.2) is 28.4 Å². The summed E-state index contributed by atoms with van der Waals surface area (Å²) in [4.78, 5) is 0. The van der Waals surface area contributed by atoms with Crippen LogP contribution in [0.2, 0.25) is 0 Å². The van der Waals surface area contributed by atoms with Crippen molar-refractivity contribution < 1.29 is 2.85 Å². The zero-order chi connectivity index (χ0) is 4.83. The van der Waals surface area contributed by atoms with E-state index in [1.807, 2.05) is 0 Å². The van der Waals surface area contributed by atoms with E-state index in [-0.39, 0.29) is 25.9 Å². The van der Waals surface area contributed by atoms with Gasteiger partial charge < -0.3 is 2.85 Å². The Bertz CT molecular complexity index is 26.9. The molecule has 0 atom stereocenters. The van der Waals surface area contributed by atoms with Crippen molar-refractivity contribution in [1.82, 2.24) is 0 Å². The van der Waals surface area contributed by atoms with Crippen LogP contribution in [0.4, 0.5) is 0 Å². The molecule has 0 heterocycles. The van der Waals surface area contributed by atoms with Crippen LogP contribution in [0.1, 0.15) is 29.0 Å². The maximum Gasteiger partial charge on any atom is 2.00 e. The van der Waals surface area contributed by atoms with Crippen molar-refractivity contribution >= 4 is 39.0 Å². The second kappa shape index (κ2) is 10.3. The van der Waals surface area contributed by atoms with Crippen LogP contribution in [0.3, 0.4) is 0 Å². The third-order valence-electron chi connectivity index (χ3n) is 0.737. The number of unbranched alkanes of at least 4 members (excludes halogenated alkanes) is 2. The Morgan fingerprint density at radius 3 is 2.14 bits per heavy atom. The molecular formula is C5H13BrMg. The van der Waals surface area contributed by atoms with Crippen molar-refractivity contribution in [2.75, 3.05) is 5.33 Å². The molecule has 0 aliphatic heterocycles. The van der Waals surface area contributed by atoms with Gasteiger partial charge in [0.15, 0.2) is 0 Å². The normalized spacial score (nSPS) is 7.71. The standard InChI is InChI=1S/C5H11Br.Mg.2H/c1-2-3-4-5-6;;;/h2-5H2,1H3;;;/q;+2;2*-1. The second-order valence-corrected chi connectivity index (χ2v) is 2.19. The van der Waals surface area contributed by atoms with Crippen molar-refractivity contribution in [2.45, 2.75) is 26.2 Å². The van der Waals surface area contributed by atoms with Gasteiger partial charge in [0.2, 0.25) is 0 Å². The quantitative estimate of drug-likeness (QED) is 0.353. The summed E-state index contributed by atoms with van der Waals surface area (Å²) in [6, 6.07) is 0. The zero-order valence-corrected chi connectivity index (χ0v) is 7.91. The fraction of sp³-hybridized carbons (Fsp3) is 1.00. The van der Waals surface area contributed by atoms with Crippen molar-refractivity contribution in [3.63, 3.8) is 0 Å². The van der Waals surface area contributed by atoms with Gasteiger partial charge in [-0.2, -0.15) is 0 Å². The number of hydrogen-bond donors (Lipinski definition) is 0. The minimum atomic E-state index is 0. The van der Waals surface area contributed by atoms with Gasteiger partial charge in [-0.25, -0.2) is 0 Å². The Morgan fingerprint density at radius 2 is 2.00 bits per heavy atom. The molecule has 42 valence electrons. The molecule has 0 aliphatic carbocycles. The first-order valence-electron chi connectivity index (χ1n) is 2.47. The monoisotopic (exact) mass is 176 g/mol. The van der Waals surface area contributed by atoms with Crippen LogP contribution in [0.25, 0.3) is 0 Å². The molecule has 0 radical (unpaired) electrons. The van der Waals surface area contributed by atoms with Crippen LogP contribution in [0.5, 0.6) is 0 Å². The van der Waals surface area contributed by atoms with Gasteiger partial charge >= 0.3 is 23.1 Å². The molecule has 0 aromatic heterocycles. The topological polar surface area (TPSA) is 0 Å². The Labute approximate surface area is 73.3 Å². The van der Waals surface area contributed by atoms with Crippen LogP contribution in [0, 0.1) is 0 Å². The summed E-state index contributed by atoms with van der Waals surface area (Å²) in [5.41, 5.74) is 0. The molecule has 0 nitrogen and oxygen atoms in total. The van der Waals surface area contributed by atoms with Gasteiger partial charge in [0.05, 0.1) is 0 Å². The third-order valence-corrected chi connectivity index (χ3v) is 1.30. The zero-order valence-electron chi connectivity index (χ0n) is 6.91. The molecule has 0 aliphatic rings. The van der Waals surface area contributed by atoms with Gasteiger partial charge in [-0.15, -0.1) is 0 Å². The molecule has 0 unspecified atom stereocenters. The van der Waals surface area contributed by atoms with Gasteiger partial charge in [-0.1, -0.05) is 35.7 Å². The summed E-state index contributed by atoms with van der Waals surface area (Å²) in [7, 11) is 0. The van der Waals surface area contributed by atoms with E-state index in [0.717, 1.165) is 0 Å². The summed E-state index contributed by atoms with van der Waals surface area (Å²) in [5.74, 6) is 0. The number of halogens is 1. The molecule has 2 heteroatoms. The maximum absolute atomic E-state index is 3.35. The summed E-state index contributed by atoms with van der Waals surface area (Å²) in [6.45, 7) is 2.21. The first kappa shape index (κ1) is 11.1. The number of hydrogen-bond acceptors (Lipinski definition) is 0. The fourth-order valence-electron chi connectivity index (χ4n) is 0.344. The van der Waals surface area contributed by atoms with E-state index >= 15 is 0 Å². The summed E-state index contributed by atoms with van der Waals surface area (Å²) < 4.78 is 0. The van der Waals surface area contributed by atoms with Gasteiger partial charge in [-0.05, 0) is 6.42 Å². The Kier molecular flexibility index (Phi) is 16.3. The molecular weight excluding hydrogens is 164 g/mol. The minimum absolute atomic E-state index is 0. The summed E-state index contributed by atoms with van der Waals surface area (Å²) in [6.07, 6.45) is 4.02. The number of rotatable bonds is 3.